The van der Waals surface area contributed by atoms with Gasteiger partial charge in [-0.2, -0.15) is 0 Å². The molecule has 1 saturated heterocycles. The quantitative estimate of drug-likeness (QED) is 0.673. The predicted octanol–water partition coefficient (Wildman–Crippen LogP) is 4.38. The lowest BCUT2D eigenvalue weighted by Crippen LogP contribution is -2.39. The average Bonchev–Trinajstić information content (AvgIpc) is 3.19. The number of benzene rings is 2. The highest BCUT2D eigenvalue weighted by Crippen LogP contribution is 2.24. The molecule has 0 bridgehead atoms. The largest absolute Gasteiger partial charge is 0.339 e. The van der Waals surface area contributed by atoms with Crippen LogP contribution in [0.2, 0.25) is 0 Å². The summed E-state index contributed by atoms with van der Waals surface area (Å²) < 4.78 is 28.6. The first-order chi connectivity index (χ1) is 13.6. The smallest absolute Gasteiger partial charge is 0.253 e. The number of aromatic nitrogens is 2. The van der Waals surface area contributed by atoms with Crippen molar-refractivity contribution in [2.24, 2.45) is 5.92 Å². The number of rotatable bonds is 4. The molecule has 28 heavy (non-hydrogen) atoms. The van der Waals surface area contributed by atoms with Gasteiger partial charge in [-0.25, -0.2) is 13.8 Å². The van der Waals surface area contributed by atoms with Gasteiger partial charge in [0, 0.05) is 43.2 Å². The van der Waals surface area contributed by atoms with Gasteiger partial charge < -0.3 is 9.47 Å². The van der Waals surface area contributed by atoms with E-state index in [0.29, 0.717) is 19.0 Å². The third-order valence-corrected chi connectivity index (χ3v) is 5.27. The Bertz CT molecular complexity index is 963. The zero-order chi connectivity index (χ0) is 19.5. The minimum Gasteiger partial charge on any atom is -0.339 e. The van der Waals surface area contributed by atoms with E-state index in [1.54, 1.807) is 4.90 Å². The first-order valence-corrected chi connectivity index (χ1v) is 9.42. The van der Waals surface area contributed by atoms with Crippen molar-refractivity contribution in [2.45, 2.75) is 19.4 Å². The number of hydrogen-bond acceptors (Lipinski definition) is 2. The van der Waals surface area contributed by atoms with E-state index < -0.39 is 11.6 Å². The number of nitrogens with zero attached hydrogens (tertiary/aromatic N) is 3. The van der Waals surface area contributed by atoms with Crippen LogP contribution in [0.15, 0.2) is 60.9 Å². The SMILES string of the molecule is O=C(c1ccc(F)c(F)c1)N1CCC(Cn2ccnc2-c2ccccc2)CC1. The number of piperidine rings is 1. The summed E-state index contributed by atoms with van der Waals surface area (Å²) in [4.78, 5) is 18.7. The van der Waals surface area contributed by atoms with Crippen molar-refractivity contribution in [2.75, 3.05) is 13.1 Å². The molecule has 0 N–H and O–H groups in total. The Balaban J connectivity index is 1.38. The summed E-state index contributed by atoms with van der Waals surface area (Å²) in [7, 11) is 0. The van der Waals surface area contributed by atoms with Crippen LogP contribution in [0.5, 0.6) is 0 Å². The number of halogens is 2. The number of amides is 1. The Hall–Kier alpha value is -3.02. The predicted molar refractivity (Wildman–Crippen MR) is 103 cm³/mol. The number of carbonyl (C=O) groups excluding carboxylic acids is 1. The third kappa shape index (κ3) is 3.81. The normalized spacial score (nSPS) is 15.0. The molecule has 6 heteroatoms. The van der Waals surface area contributed by atoms with E-state index in [0.717, 1.165) is 42.9 Å². The van der Waals surface area contributed by atoms with Crippen LogP contribution in [-0.4, -0.2) is 33.4 Å². The maximum atomic E-state index is 13.4. The summed E-state index contributed by atoms with van der Waals surface area (Å²) in [5, 5.41) is 0. The molecule has 1 aliphatic rings. The van der Waals surface area contributed by atoms with Crippen molar-refractivity contribution in [1.29, 1.82) is 0 Å². The van der Waals surface area contributed by atoms with Crippen LogP contribution in [-0.2, 0) is 6.54 Å². The number of likely N-dealkylation sites (tertiary alicyclic amines) is 1. The fourth-order valence-electron chi connectivity index (χ4n) is 3.71. The number of hydrogen-bond donors (Lipinski definition) is 0. The molecule has 2 heterocycles. The van der Waals surface area contributed by atoms with Crippen molar-refractivity contribution >= 4 is 5.91 Å². The van der Waals surface area contributed by atoms with Crippen LogP contribution < -0.4 is 0 Å². The summed E-state index contributed by atoms with van der Waals surface area (Å²) in [5.41, 5.74) is 1.27. The molecular formula is C22H21F2N3O. The van der Waals surface area contributed by atoms with Gasteiger partial charge in [-0.05, 0) is 37.0 Å². The molecule has 1 fully saturated rings. The van der Waals surface area contributed by atoms with Gasteiger partial charge in [-0.1, -0.05) is 30.3 Å². The van der Waals surface area contributed by atoms with E-state index in [-0.39, 0.29) is 11.5 Å². The van der Waals surface area contributed by atoms with Gasteiger partial charge in [0.1, 0.15) is 5.82 Å². The minimum absolute atomic E-state index is 0.193. The Morgan fingerprint density at radius 1 is 1.04 bits per heavy atom. The lowest BCUT2D eigenvalue weighted by molar-refractivity contribution is 0.0682. The Kier molecular flexibility index (Phi) is 5.19. The molecule has 4 rings (SSSR count). The second kappa shape index (κ2) is 7.92. The molecule has 0 unspecified atom stereocenters. The first-order valence-electron chi connectivity index (χ1n) is 9.42. The summed E-state index contributed by atoms with van der Waals surface area (Å²) in [5.74, 6) is -0.796. The first kappa shape index (κ1) is 18.3. The molecule has 0 atom stereocenters. The van der Waals surface area contributed by atoms with Crippen molar-refractivity contribution in [3.05, 3.63) is 78.1 Å². The van der Waals surface area contributed by atoms with Gasteiger partial charge in [0.25, 0.3) is 5.91 Å². The molecule has 2 aromatic carbocycles. The Morgan fingerprint density at radius 3 is 2.50 bits per heavy atom. The van der Waals surface area contributed by atoms with Crippen molar-refractivity contribution in [3.63, 3.8) is 0 Å². The van der Waals surface area contributed by atoms with E-state index in [4.69, 9.17) is 0 Å². The summed E-state index contributed by atoms with van der Waals surface area (Å²) in [6.45, 7) is 2.06. The standard InChI is InChI=1S/C22H21F2N3O/c23-19-7-6-18(14-20(19)24)22(28)26-11-8-16(9-12-26)15-27-13-10-25-21(27)17-4-2-1-3-5-17/h1-7,10,13-14,16H,8-9,11-12,15H2. The highest BCUT2D eigenvalue weighted by atomic mass is 19.2. The van der Waals surface area contributed by atoms with Gasteiger partial charge in [-0.3, -0.25) is 4.79 Å². The maximum Gasteiger partial charge on any atom is 0.253 e. The van der Waals surface area contributed by atoms with Crippen LogP contribution in [0.4, 0.5) is 8.78 Å². The molecule has 1 aliphatic heterocycles. The summed E-state index contributed by atoms with van der Waals surface area (Å²) in [6.07, 6.45) is 5.52. The van der Waals surface area contributed by atoms with Gasteiger partial charge in [-0.15, -0.1) is 0 Å². The fraction of sp³-hybridized carbons (Fsp3) is 0.273. The molecule has 0 spiro atoms. The molecule has 1 aromatic heterocycles. The van der Waals surface area contributed by atoms with Crippen LogP contribution in [0, 0.1) is 17.6 Å². The van der Waals surface area contributed by atoms with E-state index in [2.05, 4.69) is 9.55 Å². The van der Waals surface area contributed by atoms with Crippen LogP contribution >= 0.6 is 0 Å². The van der Waals surface area contributed by atoms with Crippen molar-refractivity contribution in [3.8, 4) is 11.4 Å². The Labute approximate surface area is 162 Å². The molecule has 0 aliphatic carbocycles. The van der Waals surface area contributed by atoms with Crippen molar-refractivity contribution < 1.29 is 13.6 Å². The van der Waals surface area contributed by atoms with Gasteiger partial charge in [0.2, 0.25) is 0 Å². The van der Waals surface area contributed by atoms with E-state index in [9.17, 15) is 13.6 Å². The van der Waals surface area contributed by atoms with E-state index in [1.807, 2.05) is 42.7 Å². The molecule has 0 saturated carbocycles. The second-order valence-electron chi connectivity index (χ2n) is 7.13. The van der Waals surface area contributed by atoms with Crippen molar-refractivity contribution in [1.82, 2.24) is 14.5 Å². The fourth-order valence-corrected chi connectivity index (χ4v) is 3.71. The molecule has 3 aromatic rings. The molecule has 4 nitrogen and oxygen atoms in total. The zero-order valence-electron chi connectivity index (χ0n) is 15.4. The summed E-state index contributed by atoms with van der Waals surface area (Å²) in [6, 6.07) is 13.4. The summed E-state index contributed by atoms with van der Waals surface area (Å²) >= 11 is 0. The molecule has 0 radical (unpaired) electrons. The highest BCUT2D eigenvalue weighted by Gasteiger charge is 2.25. The topological polar surface area (TPSA) is 38.1 Å². The van der Waals surface area contributed by atoms with Gasteiger partial charge in [0.05, 0.1) is 0 Å². The van der Waals surface area contributed by atoms with Gasteiger partial charge in [0.15, 0.2) is 11.6 Å². The van der Waals surface area contributed by atoms with E-state index >= 15 is 0 Å². The number of carbonyl (C=O) groups is 1. The second-order valence-corrected chi connectivity index (χ2v) is 7.13. The molecule has 144 valence electrons. The van der Waals surface area contributed by atoms with Crippen LogP contribution in [0.25, 0.3) is 11.4 Å². The minimum atomic E-state index is -0.991. The van der Waals surface area contributed by atoms with Crippen LogP contribution in [0.1, 0.15) is 23.2 Å². The lowest BCUT2D eigenvalue weighted by atomic mass is 9.96. The molecule has 1 amide bonds. The zero-order valence-corrected chi connectivity index (χ0v) is 15.4. The lowest BCUT2D eigenvalue weighted by Gasteiger charge is -2.32. The third-order valence-electron chi connectivity index (χ3n) is 5.27. The number of imidazole rings is 1. The molecular weight excluding hydrogens is 360 g/mol. The van der Waals surface area contributed by atoms with Gasteiger partial charge >= 0.3 is 0 Å². The van der Waals surface area contributed by atoms with Crippen LogP contribution in [0.3, 0.4) is 0 Å². The monoisotopic (exact) mass is 381 g/mol. The average molecular weight is 381 g/mol. The maximum absolute atomic E-state index is 13.4. The highest BCUT2D eigenvalue weighted by molar-refractivity contribution is 5.94. The Morgan fingerprint density at radius 2 is 1.79 bits per heavy atom. The van der Waals surface area contributed by atoms with E-state index in [1.165, 1.54) is 6.07 Å².